The number of benzene rings is 1. The van der Waals surface area contributed by atoms with Crippen molar-refractivity contribution in [1.29, 1.82) is 0 Å². The van der Waals surface area contributed by atoms with Crippen LogP contribution in [0.4, 0.5) is 0 Å². The predicted molar refractivity (Wildman–Crippen MR) is 79.0 cm³/mol. The van der Waals surface area contributed by atoms with Crippen molar-refractivity contribution in [3.05, 3.63) is 54.2 Å². The highest BCUT2D eigenvalue weighted by atomic mass is 16.1. The molecule has 2 aromatic heterocycles. The number of nitrogens with zero attached hydrogens (tertiary/aromatic N) is 3. The second-order valence-corrected chi connectivity index (χ2v) is 5.27. The first kappa shape index (κ1) is 12.7. The van der Waals surface area contributed by atoms with Gasteiger partial charge in [0.05, 0.1) is 18.6 Å². The van der Waals surface area contributed by atoms with Crippen molar-refractivity contribution in [2.24, 2.45) is 0 Å². The molecule has 0 atom stereocenters. The molecule has 3 rings (SSSR count). The average molecular weight is 267 g/mol. The number of aromatic nitrogens is 3. The van der Waals surface area contributed by atoms with Crippen molar-refractivity contribution in [3.63, 3.8) is 0 Å². The molecule has 0 aliphatic heterocycles. The zero-order chi connectivity index (χ0) is 14.1. The molecule has 1 aromatic carbocycles. The first-order chi connectivity index (χ1) is 9.69. The Labute approximate surface area is 117 Å². The number of carbonyl (C=O) groups is 1. The number of aldehydes is 1. The molecular weight excluding hydrogens is 250 g/mol. The molecule has 102 valence electrons. The maximum absolute atomic E-state index is 10.8. The number of hydrogen-bond acceptors (Lipinski definition) is 2. The lowest BCUT2D eigenvalue weighted by atomic mass is 10.2. The van der Waals surface area contributed by atoms with Crippen LogP contribution in [0.1, 0.15) is 35.9 Å². The van der Waals surface area contributed by atoms with E-state index in [1.165, 1.54) is 5.69 Å². The Bertz CT molecular complexity index is 752. The largest absolute Gasteiger partial charge is 0.341 e. The predicted octanol–water partition coefficient (Wildman–Crippen LogP) is 3.28. The van der Waals surface area contributed by atoms with Crippen LogP contribution in [-0.4, -0.2) is 20.4 Å². The quantitative estimate of drug-likeness (QED) is 0.680. The maximum atomic E-state index is 10.8. The first-order valence-electron chi connectivity index (χ1n) is 6.74. The van der Waals surface area contributed by atoms with E-state index < -0.39 is 0 Å². The molecule has 0 unspecified atom stereocenters. The van der Waals surface area contributed by atoms with Crippen molar-refractivity contribution >= 4 is 17.2 Å². The van der Waals surface area contributed by atoms with Crippen molar-refractivity contribution in [3.8, 4) is 0 Å². The normalized spacial score (nSPS) is 11.3. The van der Waals surface area contributed by atoms with Gasteiger partial charge in [-0.05, 0) is 38.1 Å². The fourth-order valence-corrected chi connectivity index (χ4v) is 2.52. The minimum absolute atomic E-state index is 0.399. The van der Waals surface area contributed by atoms with E-state index in [9.17, 15) is 4.79 Å². The van der Waals surface area contributed by atoms with Gasteiger partial charge >= 0.3 is 0 Å². The highest BCUT2D eigenvalue weighted by molar-refractivity contribution is 5.87. The van der Waals surface area contributed by atoms with Crippen LogP contribution in [0, 0.1) is 0 Å². The van der Waals surface area contributed by atoms with Crippen molar-refractivity contribution in [1.82, 2.24) is 14.1 Å². The Morgan fingerprint density at radius 1 is 1.30 bits per heavy atom. The summed E-state index contributed by atoms with van der Waals surface area (Å²) in [5.74, 6) is 0. The summed E-state index contributed by atoms with van der Waals surface area (Å²) in [6.07, 6.45) is 6.71. The van der Waals surface area contributed by atoms with Crippen LogP contribution in [0.5, 0.6) is 0 Å². The van der Waals surface area contributed by atoms with Crippen LogP contribution in [0.25, 0.3) is 10.9 Å². The van der Waals surface area contributed by atoms with Gasteiger partial charge in [0.25, 0.3) is 0 Å². The SMILES string of the molecule is CC(C)n1cncc1Cn1ccc2cc(C=O)ccc21. The van der Waals surface area contributed by atoms with Crippen molar-refractivity contribution in [2.45, 2.75) is 26.4 Å². The zero-order valence-electron chi connectivity index (χ0n) is 11.7. The summed E-state index contributed by atoms with van der Waals surface area (Å²) in [5.41, 5.74) is 3.02. The monoisotopic (exact) mass is 267 g/mol. The van der Waals surface area contributed by atoms with E-state index in [2.05, 4.69) is 34.2 Å². The standard InChI is InChI=1S/C16H17N3O/c1-12(2)19-11-17-8-15(19)9-18-6-5-14-7-13(10-20)3-4-16(14)18/h3-8,10-12H,9H2,1-2H3. The third-order valence-corrected chi connectivity index (χ3v) is 3.57. The van der Waals surface area contributed by atoms with Crippen molar-refractivity contribution < 1.29 is 4.79 Å². The summed E-state index contributed by atoms with van der Waals surface area (Å²) < 4.78 is 4.35. The Morgan fingerprint density at radius 2 is 2.15 bits per heavy atom. The minimum atomic E-state index is 0.399. The number of imidazole rings is 1. The van der Waals surface area contributed by atoms with E-state index in [1.54, 1.807) is 0 Å². The zero-order valence-corrected chi connectivity index (χ0v) is 11.7. The van der Waals surface area contributed by atoms with Crippen molar-refractivity contribution in [2.75, 3.05) is 0 Å². The molecule has 20 heavy (non-hydrogen) atoms. The summed E-state index contributed by atoms with van der Waals surface area (Å²) in [4.78, 5) is 15.0. The second kappa shape index (κ2) is 4.96. The molecule has 0 radical (unpaired) electrons. The van der Waals surface area contributed by atoms with Gasteiger partial charge < -0.3 is 9.13 Å². The molecule has 0 aliphatic rings. The highest BCUT2D eigenvalue weighted by Gasteiger charge is 2.08. The second-order valence-electron chi connectivity index (χ2n) is 5.27. The Morgan fingerprint density at radius 3 is 2.90 bits per heavy atom. The summed E-state index contributed by atoms with van der Waals surface area (Å²) in [6.45, 7) is 5.08. The van der Waals surface area contributed by atoms with Crippen LogP contribution in [0.3, 0.4) is 0 Å². The summed E-state index contributed by atoms with van der Waals surface area (Å²) in [6, 6.07) is 8.20. The van der Waals surface area contributed by atoms with Crippen LogP contribution < -0.4 is 0 Å². The number of fused-ring (bicyclic) bond motifs is 1. The molecule has 0 N–H and O–H groups in total. The van der Waals surface area contributed by atoms with Crippen LogP contribution in [-0.2, 0) is 6.54 Å². The molecule has 0 fully saturated rings. The summed E-state index contributed by atoms with van der Waals surface area (Å²) in [7, 11) is 0. The molecular formula is C16H17N3O. The maximum Gasteiger partial charge on any atom is 0.150 e. The molecule has 4 nitrogen and oxygen atoms in total. The number of hydrogen-bond donors (Lipinski definition) is 0. The van der Waals surface area contributed by atoms with Gasteiger partial charge in [-0.25, -0.2) is 4.98 Å². The van der Waals surface area contributed by atoms with Crippen LogP contribution in [0.15, 0.2) is 43.0 Å². The molecule has 3 aromatic rings. The molecule has 0 saturated heterocycles. The molecule has 0 amide bonds. The molecule has 4 heteroatoms. The highest BCUT2D eigenvalue weighted by Crippen LogP contribution is 2.19. The van der Waals surface area contributed by atoms with Crippen LogP contribution in [0.2, 0.25) is 0 Å². The topological polar surface area (TPSA) is 39.8 Å². The third-order valence-electron chi connectivity index (χ3n) is 3.57. The first-order valence-corrected chi connectivity index (χ1v) is 6.74. The van der Waals surface area contributed by atoms with Gasteiger partial charge in [0.2, 0.25) is 0 Å². The fourth-order valence-electron chi connectivity index (χ4n) is 2.52. The molecule has 0 spiro atoms. The number of carbonyl (C=O) groups excluding carboxylic acids is 1. The third kappa shape index (κ3) is 2.13. The lowest BCUT2D eigenvalue weighted by Crippen LogP contribution is -2.08. The van der Waals surface area contributed by atoms with E-state index >= 15 is 0 Å². The Hall–Kier alpha value is -2.36. The van der Waals surface area contributed by atoms with E-state index in [1.807, 2.05) is 36.8 Å². The summed E-state index contributed by atoms with van der Waals surface area (Å²) in [5, 5.41) is 1.09. The average Bonchev–Trinajstić information content (AvgIpc) is 3.06. The smallest absolute Gasteiger partial charge is 0.150 e. The van der Waals surface area contributed by atoms with E-state index in [0.29, 0.717) is 11.6 Å². The molecule has 0 aliphatic carbocycles. The van der Waals surface area contributed by atoms with Gasteiger partial charge in [-0.1, -0.05) is 0 Å². The van der Waals surface area contributed by atoms with Gasteiger partial charge in [0.15, 0.2) is 0 Å². The molecule has 0 saturated carbocycles. The lowest BCUT2D eigenvalue weighted by molar-refractivity contribution is 0.112. The van der Waals surface area contributed by atoms with Gasteiger partial charge in [-0.3, -0.25) is 4.79 Å². The fraction of sp³-hybridized carbons (Fsp3) is 0.250. The summed E-state index contributed by atoms with van der Waals surface area (Å²) >= 11 is 0. The number of rotatable bonds is 4. The lowest BCUT2D eigenvalue weighted by Gasteiger charge is -2.13. The molecule has 0 bridgehead atoms. The minimum Gasteiger partial charge on any atom is -0.341 e. The van der Waals surface area contributed by atoms with E-state index in [0.717, 1.165) is 23.7 Å². The van der Waals surface area contributed by atoms with Crippen LogP contribution >= 0.6 is 0 Å². The molecule has 2 heterocycles. The van der Waals surface area contributed by atoms with Gasteiger partial charge in [0, 0.05) is 34.9 Å². The van der Waals surface area contributed by atoms with E-state index in [4.69, 9.17) is 0 Å². The van der Waals surface area contributed by atoms with Gasteiger partial charge in [-0.15, -0.1) is 0 Å². The van der Waals surface area contributed by atoms with E-state index in [-0.39, 0.29) is 0 Å². The Kier molecular flexibility index (Phi) is 3.14. The van der Waals surface area contributed by atoms with Gasteiger partial charge in [-0.2, -0.15) is 0 Å². The Balaban J connectivity index is 1.99. The van der Waals surface area contributed by atoms with Gasteiger partial charge in [0.1, 0.15) is 6.29 Å².